The van der Waals surface area contributed by atoms with Crippen LogP contribution in [0.15, 0.2) is 30.3 Å². The summed E-state index contributed by atoms with van der Waals surface area (Å²) in [6.45, 7) is 9.88. The molecule has 0 radical (unpaired) electrons. The highest BCUT2D eigenvalue weighted by Gasteiger charge is 2.30. The molecule has 2 aromatic heterocycles. The number of hydrogen-bond acceptors (Lipinski definition) is 5. The van der Waals surface area contributed by atoms with Crippen LogP contribution in [0.25, 0.3) is 22.6 Å². The van der Waals surface area contributed by atoms with E-state index < -0.39 is 0 Å². The molecule has 164 valence electrons. The third-order valence-corrected chi connectivity index (χ3v) is 7.19. The second-order valence-electron chi connectivity index (χ2n) is 9.40. The van der Waals surface area contributed by atoms with Crippen LogP contribution in [-0.4, -0.2) is 44.7 Å². The van der Waals surface area contributed by atoms with Crippen LogP contribution in [0.5, 0.6) is 0 Å². The molecule has 0 spiro atoms. The standard InChI is InChI=1S/C25H34N6/c1-17-9-10-18(2)31(17)25-27-19(3)22-24(29-25)30(16-13-20-11-14-26-15-12-20)23(28-22)21-7-5-4-6-8-21/h4-8,17-18,20,26H,9-16H2,1-3H3. The molecular formula is C25H34N6. The van der Waals surface area contributed by atoms with Gasteiger partial charge in [-0.2, -0.15) is 4.98 Å². The van der Waals surface area contributed by atoms with Crippen molar-refractivity contribution in [2.75, 3.05) is 18.0 Å². The van der Waals surface area contributed by atoms with E-state index in [0.29, 0.717) is 12.1 Å². The van der Waals surface area contributed by atoms with Gasteiger partial charge in [-0.3, -0.25) is 0 Å². The lowest BCUT2D eigenvalue weighted by atomic mass is 9.95. The summed E-state index contributed by atoms with van der Waals surface area (Å²) in [6, 6.07) is 11.5. The van der Waals surface area contributed by atoms with Crippen molar-refractivity contribution in [1.29, 1.82) is 0 Å². The Morgan fingerprint density at radius 3 is 2.35 bits per heavy atom. The van der Waals surface area contributed by atoms with E-state index in [-0.39, 0.29) is 0 Å². The average molecular weight is 419 g/mol. The van der Waals surface area contributed by atoms with Gasteiger partial charge in [-0.15, -0.1) is 0 Å². The molecule has 6 nitrogen and oxygen atoms in total. The third-order valence-electron chi connectivity index (χ3n) is 7.19. The molecule has 2 fully saturated rings. The molecule has 6 heteroatoms. The van der Waals surface area contributed by atoms with Crippen LogP contribution in [0.1, 0.15) is 51.6 Å². The van der Waals surface area contributed by atoms with Crippen molar-refractivity contribution in [3.8, 4) is 11.4 Å². The highest BCUT2D eigenvalue weighted by Crippen LogP contribution is 2.32. The second-order valence-corrected chi connectivity index (χ2v) is 9.40. The van der Waals surface area contributed by atoms with Gasteiger partial charge >= 0.3 is 0 Å². The number of benzene rings is 1. The Labute approximate surface area is 185 Å². The first-order valence-electron chi connectivity index (χ1n) is 11.9. The number of aryl methyl sites for hydroxylation is 2. The van der Waals surface area contributed by atoms with Gasteiger partial charge in [0.15, 0.2) is 5.65 Å². The van der Waals surface area contributed by atoms with E-state index in [1.165, 1.54) is 32.1 Å². The lowest BCUT2D eigenvalue weighted by molar-refractivity contribution is 0.339. The molecule has 2 atom stereocenters. The fourth-order valence-electron chi connectivity index (χ4n) is 5.33. The van der Waals surface area contributed by atoms with Crippen molar-refractivity contribution >= 4 is 17.1 Å². The summed E-state index contributed by atoms with van der Waals surface area (Å²) in [5.74, 6) is 2.65. The van der Waals surface area contributed by atoms with Crippen LogP contribution >= 0.6 is 0 Å². The largest absolute Gasteiger partial charge is 0.335 e. The van der Waals surface area contributed by atoms with Crippen molar-refractivity contribution in [2.24, 2.45) is 5.92 Å². The predicted molar refractivity (Wildman–Crippen MR) is 126 cm³/mol. The van der Waals surface area contributed by atoms with Crippen molar-refractivity contribution in [2.45, 2.75) is 71.5 Å². The van der Waals surface area contributed by atoms with E-state index in [1.54, 1.807) is 0 Å². The molecule has 2 aliphatic rings. The highest BCUT2D eigenvalue weighted by atomic mass is 15.3. The first-order valence-corrected chi connectivity index (χ1v) is 11.9. The van der Waals surface area contributed by atoms with Gasteiger partial charge in [-0.25, -0.2) is 9.97 Å². The number of hydrogen-bond donors (Lipinski definition) is 1. The molecule has 0 saturated carbocycles. The molecule has 0 aliphatic carbocycles. The molecule has 3 aromatic rings. The van der Waals surface area contributed by atoms with Crippen LogP contribution in [0.2, 0.25) is 0 Å². The highest BCUT2D eigenvalue weighted by molar-refractivity contribution is 5.80. The molecule has 4 heterocycles. The minimum absolute atomic E-state index is 0.478. The fourth-order valence-corrected chi connectivity index (χ4v) is 5.33. The van der Waals surface area contributed by atoms with E-state index in [1.807, 2.05) is 0 Å². The summed E-state index contributed by atoms with van der Waals surface area (Å²) in [5.41, 5.74) is 4.05. The maximum atomic E-state index is 5.13. The molecule has 0 bridgehead atoms. The quantitative estimate of drug-likeness (QED) is 0.658. The smallest absolute Gasteiger partial charge is 0.228 e. The molecule has 5 rings (SSSR count). The van der Waals surface area contributed by atoms with Gasteiger partial charge in [0.1, 0.15) is 11.3 Å². The van der Waals surface area contributed by atoms with E-state index in [9.17, 15) is 0 Å². The zero-order chi connectivity index (χ0) is 21.4. The van der Waals surface area contributed by atoms with Crippen molar-refractivity contribution in [1.82, 2.24) is 24.8 Å². The van der Waals surface area contributed by atoms with E-state index in [4.69, 9.17) is 15.0 Å². The number of piperidine rings is 1. The lowest BCUT2D eigenvalue weighted by Crippen LogP contribution is -2.34. The maximum Gasteiger partial charge on any atom is 0.228 e. The van der Waals surface area contributed by atoms with Gasteiger partial charge < -0.3 is 14.8 Å². The van der Waals surface area contributed by atoms with Gasteiger partial charge in [0, 0.05) is 24.2 Å². The lowest BCUT2D eigenvalue weighted by Gasteiger charge is -2.26. The number of fused-ring (bicyclic) bond motifs is 1. The number of aromatic nitrogens is 4. The Morgan fingerprint density at radius 2 is 1.65 bits per heavy atom. The number of nitrogens with zero attached hydrogens (tertiary/aromatic N) is 5. The summed E-state index contributed by atoms with van der Waals surface area (Å²) in [5, 5.41) is 3.48. The normalized spacial score (nSPS) is 22.5. The summed E-state index contributed by atoms with van der Waals surface area (Å²) in [7, 11) is 0. The van der Waals surface area contributed by atoms with Gasteiger partial charge in [-0.05, 0) is 71.9 Å². The SMILES string of the molecule is Cc1nc(N2C(C)CCC2C)nc2c1nc(-c1ccccc1)n2CCC1CCNCC1. The summed E-state index contributed by atoms with van der Waals surface area (Å²) >= 11 is 0. The monoisotopic (exact) mass is 418 g/mol. The predicted octanol–water partition coefficient (Wildman–Crippen LogP) is 4.57. The Bertz CT molecular complexity index is 1030. The van der Waals surface area contributed by atoms with Crippen LogP contribution in [-0.2, 0) is 6.54 Å². The Kier molecular flexibility index (Phi) is 5.65. The van der Waals surface area contributed by atoms with E-state index in [0.717, 1.165) is 59.7 Å². The van der Waals surface area contributed by atoms with Crippen molar-refractivity contribution < 1.29 is 0 Å². The molecule has 1 aromatic carbocycles. The van der Waals surface area contributed by atoms with Crippen LogP contribution in [0, 0.1) is 12.8 Å². The minimum atomic E-state index is 0.478. The zero-order valence-corrected chi connectivity index (χ0v) is 19.0. The Balaban J connectivity index is 1.59. The van der Waals surface area contributed by atoms with Crippen LogP contribution in [0.4, 0.5) is 5.95 Å². The summed E-state index contributed by atoms with van der Waals surface area (Å²) in [6.07, 6.45) is 6.09. The summed E-state index contributed by atoms with van der Waals surface area (Å²) < 4.78 is 2.36. The van der Waals surface area contributed by atoms with Gasteiger partial charge in [0.05, 0.1) is 5.69 Å². The average Bonchev–Trinajstić information content (AvgIpc) is 3.33. The number of imidazole rings is 1. The summed E-state index contributed by atoms with van der Waals surface area (Å²) in [4.78, 5) is 17.5. The molecule has 0 amide bonds. The van der Waals surface area contributed by atoms with Crippen molar-refractivity contribution in [3.05, 3.63) is 36.0 Å². The van der Waals surface area contributed by atoms with Crippen molar-refractivity contribution in [3.63, 3.8) is 0 Å². The number of nitrogens with one attached hydrogen (secondary N) is 1. The maximum absolute atomic E-state index is 5.13. The number of anilines is 1. The molecule has 31 heavy (non-hydrogen) atoms. The molecular weight excluding hydrogens is 384 g/mol. The van der Waals surface area contributed by atoms with Gasteiger partial charge in [0.2, 0.25) is 5.95 Å². The van der Waals surface area contributed by atoms with Crippen LogP contribution < -0.4 is 10.2 Å². The molecule has 2 unspecified atom stereocenters. The Morgan fingerprint density at radius 1 is 0.935 bits per heavy atom. The minimum Gasteiger partial charge on any atom is -0.335 e. The number of rotatable bonds is 5. The fraction of sp³-hybridized carbons (Fsp3) is 0.560. The third kappa shape index (κ3) is 3.93. The first kappa shape index (κ1) is 20.4. The molecule has 2 aliphatic heterocycles. The molecule has 1 N–H and O–H groups in total. The van der Waals surface area contributed by atoms with E-state index >= 15 is 0 Å². The second kappa shape index (κ2) is 8.58. The van der Waals surface area contributed by atoms with Gasteiger partial charge in [-0.1, -0.05) is 30.3 Å². The Hall–Kier alpha value is -2.47. The zero-order valence-electron chi connectivity index (χ0n) is 19.0. The molecule has 2 saturated heterocycles. The van der Waals surface area contributed by atoms with Crippen LogP contribution in [0.3, 0.4) is 0 Å². The van der Waals surface area contributed by atoms with E-state index in [2.05, 4.69) is 65.9 Å². The van der Waals surface area contributed by atoms with Gasteiger partial charge in [0.25, 0.3) is 0 Å². The first-order chi connectivity index (χ1) is 15.1. The topological polar surface area (TPSA) is 58.9 Å².